The Morgan fingerprint density at radius 2 is 2.00 bits per heavy atom. The van der Waals surface area contributed by atoms with Crippen molar-refractivity contribution in [3.63, 3.8) is 0 Å². The Balaban J connectivity index is 1.81. The first-order chi connectivity index (χ1) is 17.5. The lowest BCUT2D eigenvalue weighted by atomic mass is 9.93. The molecule has 0 atom stereocenters. The van der Waals surface area contributed by atoms with Gasteiger partial charge in [0.1, 0.15) is 17.0 Å². The van der Waals surface area contributed by atoms with E-state index in [1.54, 1.807) is 34.9 Å². The summed E-state index contributed by atoms with van der Waals surface area (Å²) in [5.41, 5.74) is 2.73. The quantitative estimate of drug-likeness (QED) is 0.389. The number of aromatic nitrogens is 2. The lowest BCUT2D eigenvalue weighted by Crippen LogP contribution is -2.32. The molecular formula is C27H21ClFN3O4S. The molecule has 1 aliphatic carbocycles. The number of rotatable bonds is 5. The zero-order chi connectivity index (χ0) is 26.5. The SMILES string of the molecule is Cc1ccc2c(c1)c(C1=CC=CCC1=O)c(C(=O)NS(C)(=O)=O)n2Cc1cnc2c(F)cccc2c1Cl. The van der Waals surface area contributed by atoms with Gasteiger partial charge in [0, 0.05) is 45.6 Å². The molecule has 7 nitrogen and oxygen atoms in total. The van der Waals surface area contributed by atoms with Crippen molar-refractivity contribution >= 4 is 60.7 Å². The highest BCUT2D eigenvalue weighted by Crippen LogP contribution is 2.37. The van der Waals surface area contributed by atoms with Gasteiger partial charge in [0.2, 0.25) is 10.0 Å². The number of nitrogens with zero attached hydrogens (tertiary/aromatic N) is 2. The summed E-state index contributed by atoms with van der Waals surface area (Å²) in [4.78, 5) is 30.6. The third-order valence-corrected chi connectivity index (χ3v) is 7.17. The molecule has 2 aromatic carbocycles. The molecule has 2 heterocycles. The number of ketones is 1. The molecule has 0 fully saturated rings. The fourth-order valence-corrected chi connectivity index (χ4v) is 5.29. The van der Waals surface area contributed by atoms with Crippen LogP contribution in [0.3, 0.4) is 0 Å². The number of benzene rings is 2. The average Bonchev–Trinajstić information content (AvgIpc) is 3.13. The highest BCUT2D eigenvalue weighted by atomic mass is 35.5. The number of sulfonamides is 1. The summed E-state index contributed by atoms with van der Waals surface area (Å²) < 4.78 is 42.0. The van der Waals surface area contributed by atoms with E-state index < -0.39 is 21.7 Å². The molecule has 188 valence electrons. The monoisotopic (exact) mass is 537 g/mol. The number of fused-ring (bicyclic) bond motifs is 2. The van der Waals surface area contributed by atoms with E-state index in [4.69, 9.17) is 11.6 Å². The summed E-state index contributed by atoms with van der Waals surface area (Å²) in [6, 6.07) is 9.97. The standard InChI is InChI=1S/C27H21ClFN3O4S/c1-15-10-11-21-19(12-15)23(17-6-3-4-9-22(17)33)26(27(34)31-37(2,35)36)32(21)14-16-13-30-25-18(24(16)28)7-5-8-20(25)29/h3-8,10-13H,9,14H2,1-2H3,(H,31,34). The zero-order valence-corrected chi connectivity index (χ0v) is 21.5. The van der Waals surface area contributed by atoms with Crippen molar-refractivity contribution in [1.82, 2.24) is 14.3 Å². The number of amides is 1. The number of hydrogen-bond acceptors (Lipinski definition) is 5. The summed E-state index contributed by atoms with van der Waals surface area (Å²) in [7, 11) is -3.92. The number of carbonyl (C=O) groups excluding carboxylic acids is 2. The first-order valence-corrected chi connectivity index (χ1v) is 13.6. The third kappa shape index (κ3) is 4.56. The Kier molecular flexibility index (Phi) is 6.21. The molecule has 10 heteroatoms. The van der Waals surface area contributed by atoms with Gasteiger partial charge in [-0.3, -0.25) is 14.6 Å². The number of aryl methyl sites for hydroxylation is 1. The van der Waals surface area contributed by atoms with Gasteiger partial charge in [-0.05, 0) is 25.1 Å². The number of nitrogens with one attached hydrogen (secondary N) is 1. The van der Waals surface area contributed by atoms with Crippen molar-refractivity contribution in [3.8, 4) is 0 Å². The van der Waals surface area contributed by atoms with Crippen molar-refractivity contribution < 1.29 is 22.4 Å². The Bertz CT molecular complexity index is 1810. The van der Waals surface area contributed by atoms with E-state index in [2.05, 4.69) is 4.98 Å². The van der Waals surface area contributed by atoms with Crippen molar-refractivity contribution in [2.45, 2.75) is 19.9 Å². The van der Waals surface area contributed by atoms with Crippen LogP contribution in [0.15, 0.2) is 60.8 Å². The van der Waals surface area contributed by atoms with Crippen LogP contribution in [0.1, 0.15) is 33.6 Å². The number of hydrogen-bond donors (Lipinski definition) is 1. The van der Waals surface area contributed by atoms with Gasteiger partial charge in [0.15, 0.2) is 5.78 Å². The normalized spacial score (nSPS) is 13.8. The Morgan fingerprint density at radius 3 is 2.73 bits per heavy atom. The van der Waals surface area contributed by atoms with E-state index in [0.717, 1.165) is 11.8 Å². The van der Waals surface area contributed by atoms with Crippen LogP contribution in [-0.2, 0) is 21.4 Å². The molecule has 0 aliphatic heterocycles. The van der Waals surface area contributed by atoms with Crippen LogP contribution in [0.2, 0.25) is 5.02 Å². The number of Topliss-reactive ketones (excluding diaryl/α,β-unsaturated/α-hetero) is 1. The zero-order valence-electron chi connectivity index (χ0n) is 19.9. The number of para-hydroxylation sites is 1. The number of allylic oxidation sites excluding steroid dienone is 4. The number of halogens is 2. The minimum absolute atomic E-state index is 0.00340. The Morgan fingerprint density at radius 1 is 1.22 bits per heavy atom. The second kappa shape index (κ2) is 9.24. The maximum atomic E-state index is 14.3. The topological polar surface area (TPSA) is 98.1 Å². The fraction of sp³-hybridized carbons (Fsp3) is 0.148. The molecule has 0 saturated heterocycles. The molecule has 1 aliphatic rings. The highest BCUT2D eigenvalue weighted by Gasteiger charge is 2.30. The second-order valence-electron chi connectivity index (χ2n) is 8.90. The molecule has 1 amide bonds. The van der Waals surface area contributed by atoms with Gasteiger partial charge in [-0.25, -0.2) is 17.5 Å². The third-order valence-electron chi connectivity index (χ3n) is 6.17. The molecule has 2 aromatic heterocycles. The minimum Gasteiger partial charge on any atom is -0.331 e. The highest BCUT2D eigenvalue weighted by molar-refractivity contribution is 7.89. The second-order valence-corrected chi connectivity index (χ2v) is 11.0. The first-order valence-electron chi connectivity index (χ1n) is 11.3. The van der Waals surface area contributed by atoms with Crippen LogP contribution in [0.4, 0.5) is 4.39 Å². The van der Waals surface area contributed by atoms with Gasteiger partial charge in [0.05, 0.1) is 17.8 Å². The van der Waals surface area contributed by atoms with E-state index in [1.165, 1.54) is 18.3 Å². The molecule has 37 heavy (non-hydrogen) atoms. The van der Waals surface area contributed by atoms with E-state index in [-0.39, 0.29) is 35.0 Å². The van der Waals surface area contributed by atoms with Crippen LogP contribution in [0.5, 0.6) is 0 Å². The maximum absolute atomic E-state index is 14.3. The lowest BCUT2D eigenvalue weighted by molar-refractivity contribution is -0.113. The predicted molar refractivity (Wildman–Crippen MR) is 142 cm³/mol. The van der Waals surface area contributed by atoms with Gasteiger partial charge in [-0.2, -0.15) is 0 Å². The van der Waals surface area contributed by atoms with Crippen LogP contribution < -0.4 is 4.72 Å². The van der Waals surface area contributed by atoms with Crippen molar-refractivity contribution in [1.29, 1.82) is 0 Å². The fourth-order valence-electron chi connectivity index (χ4n) is 4.60. The van der Waals surface area contributed by atoms with Gasteiger partial charge in [-0.15, -0.1) is 0 Å². The smallest absolute Gasteiger partial charge is 0.282 e. The molecule has 0 spiro atoms. The summed E-state index contributed by atoms with van der Waals surface area (Å²) in [6.45, 7) is 1.90. The predicted octanol–water partition coefficient (Wildman–Crippen LogP) is 4.94. The Labute approximate surface area is 217 Å². The summed E-state index contributed by atoms with van der Waals surface area (Å²) in [5.74, 6) is -1.60. The van der Waals surface area contributed by atoms with E-state index in [9.17, 15) is 22.4 Å². The molecule has 0 unspecified atom stereocenters. The van der Waals surface area contributed by atoms with Crippen LogP contribution >= 0.6 is 11.6 Å². The van der Waals surface area contributed by atoms with Gasteiger partial charge < -0.3 is 4.57 Å². The summed E-state index contributed by atoms with van der Waals surface area (Å²) in [6.07, 6.45) is 7.54. The molecule has 0 radical (unpaired) electrons. The summed E-state index contributed by atoms with van der Waals surface area (Å²) >= 11 is 6.67. The van der Waals surface area contributed by atoms with E-state index in [1.807, 2.05) is 23.8 Å². The molecule has 1 N–H and O–H groups in total. The van der Waals surface area contributed by atoms with Gasteiger partial charge >= 0.3 is 0 Å². The molecule has 0 bridgehead atoms. The van der Waals surface area contributed by atoms with Gasteiger partial charge in [0.25, 0.3) is 5.91 Å². The van der Waals surface area contributed by atoms with E-state index in [0.29, 0.717) is 33.0 Å². The largest absolute Gasteiger partial charge is 0.331 e. The lowest BCUT2D eigenvalue weighted by Gasteiger charge is -2.15. The Hall–Kier alpha value is -3.82. The molecule has 4 aromatic rings. The number of pyridine rings is 1. The number of carbonyl (C=O) groups is 2. The van der Waals surface area contributed by atoms with Crippen molar-refractivity contribution in [2.24, 2.45) is 0 Å². The van der Waals surface area contributed by atoms with Crippen LogP contribution in [-0.4, -0.2) is 35.9 Å². The van der Waals surface area contributed by atoms with Gasteiger partial charge in [-0.1, -0.05) is 53.6 Å². The average molecular weight is 538 g/mol. The van der Waals surface area contributed by atoms with Crippen molar-refractivity contribution in [2.75, 3.05) is 6.26 Å². The van der Waals surface area contributed by atoms with Crippen LogP contribution in [0.25, 0.3) is 27.4 Å². The van der Waals surface area contributed by atoms with E-state index >= 15 is 0 Å². The summed E-state index contributed by atoms with van der Waals surface area (Å²) in [5, 5.41) is 1.28. The first kappa shape index (κ1) is 24.9. The molecular weight excluding hydrogens is 517 g/mol. The minimum atomic E-state index is -3.92. The van der Waals surface area contributed by atoms with Crippen molar-refractivity contribution in [3.05, 3.63) is 94.0 Å². The van der Waals surface area contributed by atoms with Crippen LogP contribution in [0, 0.1) is 12.7 Å². The molecule has 5 rings (SSSR count). The maximum Gasteiger partial charge on any atom is 0.282 e. The molecule has 0 saturated carbocycles.